The maximum atomic E-state index is 6.01. The molecule has 0 saturated carbocycles. The van der Waals surface area contributed by atoms with Gasteiger partial charge in [-0.15, -0.1) is 6.58 Å². The molecule has 2 nitrogen and oxygen atoms in total. The number of hydrogen-bond donors (Lipinski definition) is 0. The lowest BCUT2D eigenvalue weighted by atomic mass is 10.1. The Labute approximate surface area is 125 Å². The number of rotatable bonds is 5. The molecular weight excluding hydrogens is 268 g/mol. The summed E-state index contributed by atoms with van der Waals surface area (Å²) in [4.78, 5) is 4.71. The Balaban J connectivity index is 2.29. The second-order valence-electron chi connectivity index (χ2n) is 4.55. The van der Waals surface area contributed by atoms with Gasteiger partial charge in [0.2, 0.25) is 0 Å². The van der Waals surface area contributed by atoms with E-state index in [1.54, 1.807) is 0 Å². The Bertz CT molecular complexity index is 601. The van der Waals surface area contributed by atoms with Crippen LogP contribution in [0.5, 0.6) is 0 Å². The molecule has 0 aromatic carbocycles. The van der Waals surface area contributed by atoms with Crippen molar-refractivity contribution in [3.63, 3.8) is 0 Å². The quantitative estimate of drug-likeness (QED) is 0.700. The minimum Gasteiger partial charge on any atom is -0.331 e. The third kappa shape index (κ3) is 3.61. The maximum absolute atomic E-state index is 6.01. The molecule has 0 atom stereocenters. The van der Waals surface area contributed by atoms with E-state index in [1.807, 2.05) is 30.4 Å². The van der Waals surface area contributed by atoms with Crippen LogP contribution in [0, 0.1) is 0 Å². The van der Waals surface area contributed by atoms with Crippen LogP contribution in [-0.2, 0) is 6.54 Å². The lowest BCUT2D eigenvalue weighted by molar-refractivity contribution is 0.752. The zero-order valence-electron chi connectivity index (χ0n) is 11.7. The fourth-order valence-electron chi connectivity index (χ4n) is 2.03. The van der Waals surface area contributed by atoms with E-state index in [-0.39, 0.29) is 0 Å². The SMILES string of the molecule is C=CC/C=C/c1nc(C2=CC=C(Cl)C=CC2)cn1CC. The Morgan fingerprint density at radius 2 is 2.30 bits per heavy atom. The van der Waals surface area contributed by atoms with E-state index in [1.165, 1.54) is 5.57 Å². The van der Waals surface area contributed by atoms with Gasteiger partial charge in [0, 0.05) is 17.8 Å². The first-order valence-electron chi connectivity index (χ1n) is 6.82. The second-order valence-corrected chi connectivity index (χ2v) is 4.98. The third-order valence-corrected chi connectivity index (χ3v) is 3.36. The first kappa shape index (κ1) is 14.6. The van der Waals surface area contributed by atoms with Gasteiger partial charge in [0.05, 0.1) is 5.69 Å². The molecule has 0 saturated heterocycles. The van der Waals surface area contributed by atoms with Crippen molar-refractivity contribution < 1.29 is 0 Å². The third-order valence-electron chi connectivity index (χ3n) is 3.11. The summed E-state index contributed by atoms with van der Waals surface area (Å²) in [6, 6.07) is 0. The molecule has 0 spiro atoms. The van der Waals surface area contributed by atoms with Crippen LogP contribution in [0.1, 0.15) is 31.3 Å². The summed E-state index contributed by atoms with van der Waals surface area (Å²) in [6.07, 6.45) is 17.7. The average Bonchev–Trinajstić information content (AvgIpc) is 2.73. The Hall–Kier alpha value is -1.80. The second kappa shape index (κ2) is 7.11. The highest BCUT2D eigenvalue weighted by Crippen LogP contribution is 2.23. The van der Waals surface area contributed by atoms with Gasteiger partial charge in [-0.2, -0.15) is 0 Å². The monoisotopic (exact) mass is 286 g/mol. The van der Waals surface area contributed by atoms with Crippen LogP contribution in [-0.4, -0.2) is 9.55 Å². The number of aryl methyl sites for hydroxylation is 1. The summed E-state index contributed by atoms with van der Waals surface area (Å²) in [7, 11) is 0. The van der Waals surface area contributed by atoms with E-state index < -0.39 is 0 Å². The molecule has 1 aliphatic carbocycles. The fraction of sp³-hybridized carbons (Fsp3) is 0.235. The Morgan fingerprint density at radius 3 is 3.05 bits per heavy atom. The zero-order valence-corrected chi connectivity index (χ0v) is 12.5. The van der Waals surface area contributed by atoms with Crippen LogP contribution in [0.2, 0.25) is 0 Å². The highest BCUT2D eigenvalue weighted by Gasteiger charge is 2.09. The van der Waals surface area contributed by atoms with Gasteiger partial charge in [-0.25, -0.2) is 4.98 Å². The molecule has 1 aromatic rings. The minimum absolute atomic E-state index is 0.751. The predicted octanol–water partition coefficient (Wildman–Crippen LogP) is 4.96. The molecule has 0 unspecified atom stereocenters. The minimum atomic E-state index is 0.751. The van der Waals surface area contributed by atoms with Crippen LogP contribution < -0.4 is 0 Å². The van der Waals surface area contributed by atoms with Gasteiger partial charge in [0.25, 0.3) is 0 Å². The van der Waals surface area contributed by atoms with E-state index in [0.717, 1.165) is 35.9 Å². The molecule has 1 heterocycles. The van der Waals surface area contributed by atoms with Gasteiger partial charge in [-0.05, 0) is 43.6 Å². The summed E-state index contributed by atoms with van der Waals surface area (Å²) in [5.41, 5.74) is 2.19. The first-order chi connectivity index (χ1) is 9.74. The van der Waals surface area contributed by atoms with Crippen molar-refractivity contribution in [2.75, 3.05) is 0 Å². The molecule has 3 heteroatoms. The van der Waals surface area contributed by atoms with E-state index in [2.05, 4.69) is 36.4 Å². The van der Waals surface area contributed by atoms with Gasteiger partial charge >= 0.3 is 0 Å². The predicted molar refractivity (Wildman–Crippen MR) is 87.4 cm³/mol. The summed E-state index contributed by atoms with van der Waals surface area (Å²) in [5.74, 6) is 0.980. The number of imidazole rings is 1. The molecular formula is C17H19ClN2. The molecule has 0 radical (unpaired) electrons. The van der Waals surface area contributed by atoms with Gasteiger partial charge in [-0.3, -0.25) is 0 Å². The van der Waals surface area contributed by atoms with E-state index >= 15 is 0 Å². The largest absolute Gasteiger partial charge is 0.331 e. The van der Waals surface area contributed by atoms with Crippen molar-refractivity contribution in [3.8, 4) is 0 Å². The van der Waals surface area contributed by atoms with Gasteiger partial charge in [0.1, 0.15) is 5.82 Å². The first-order valence-corrected chi connectivity index (χ1v) is 7.20. The molecule has 2 rings (SSSR count). The number of aromatic nitrogens is 2. The van der Waals surface area contributed by atoms with Crippen molar-refractivity contribution in [1.82, 2.24) is 9.55 Å². The summed E-state index contributed by atoms with van der Waals surface area (Å²) in [6.45, 7) is 6.74. The number of hydrogen-bond acceptors (Lipinski definition) is 1. The molecule has 20 heavy (non-hydrogen) atoms. The van der Waals surface area contributed by atoms with Gasteiger partial charge in [0.15, 0.2) is 0 Å². The highest BCUT2D eigenvalue weighted by atomic mass is 35.5. The van der Waals surface area contributed by atoms with Crippen LogP contribution >= 0.6 is 11.6 Å². The van der Waals surface area contributed by atoms with Crippen LogP contribution in [0.25, 0.3) is 11.6 Å². The Morgan fingerprint density at radius 1 is 1.45 bits per heavy atom. The molecule has 0 amide bonds. The zero-order chi connectivity index (χ0) is 14.4. The average molecular weight is 287 g/mol. The number of allylic oxidation sites excluding steroid dienone is 8. The molecule has 1 aromatic heterocycles. The maximum Gasteiger partial charge on any atom is 0.132 e. The van der Waals surface area contributed by atoms with Crippen molar-refractivity contribution in [2.24, 2.45) is 0 Å². The summed E-state index contributed by atoms with van der Waals surface area (Å²) in [5, 5.41) is 0.751. The highest BCUT2D eigenvalue weighted by molar-refractivity contribution is 6.31. The summed E-state index contributed by atoms with van der Waals surface area (Å²) < 4.78 is 2.15. The molecule has 0 bridgehead atoms. The van der Waals surface area contributed by atoms with Crippen LogP contribution in [0.3, 0.4) is 0 Å². The van der Waals surface area contributed by atoms with Crippen molar-refractivity contribution in [1.29, 1.82) is 0 Å². The lowest BCUT2D eigenvalue weighted by Gasteiger charge is -1.98. The van der Waals surface area contributed by atoms with E-state index in [9.17, 15) is 0 Å². The van der Waals surface area contributed by atoms with Crippen molar-refractivity contribution >= 4 is 23.3 Å². The van der Waals surface area contributed by atoms with Gasteiger partial charge < -0.3 is 4.57 Å². The molecule has 0 aliphatic heterocycles. The Kier molecular flexibility index (Phi) is 5.19. The smallest absolute Gasteiger partial charge is 0.132 e. The standard InChI is InChI=1S/C17H19ClN2/c1-3-5-6-10-17-19-16(13-20(17)4-2)14-8-7-9-15(18)12-11-14/h3,6-7,9-13H,1,4-5,8H2,2H3/b10-6+. The topological polar surface area (TPSA) is 17.8 Å². The van der Waals surface area contributed by atoms with Crippen LogP contribution in [0.15, 0.2) is 54.3 Å². The molecule has 0 fully saturated rings. The van der Waals surface area contributed by atoms with Crippen molar-refractivity contribution in [2.45, 2.75) is 26.3 Å². The molecule has 0 N–H and O–H groups in total. The summed E-state index contributed by atoms with van der Waals surface area (Å²) >= 11 is 6.01. The van der Waals surface area contributed by atoms with Crippen LogP contribution in [0.4, 0.5) is 0 Å². The van der Waals surface area contributed by atoms with Crippen molar-refractivity contribution in [3.05, 3.63) is 65.8 Å². The number of nitrogens with zero attached hydrogens (tertiary/aromatic N) is 2. The van der Waals surface area contributed by atoms with Gasteiger partial charge in [-0.1, -0.05) is 35.9 Å². The normalized spacial score (nSPS) is 15.1. The lowest BCUT2D eigenvalue weighted by Crippen LogP contribution is -1.94. The van der Waals surface area contributed by atoms with E-state index in [4.69, 9.17) is 16.6 Å². The molecule has 104 valence electrons. The fourth-order valence-corrected chi connectivity index (χ4v) is 2.19. The van der Waals surface area contributed by atoms with E-state index in [0.29, 0.717) is 0 Å². The molecule has 1 aliphatic rings. The number of halogens is 1.